The summed E-state index contributed by atoms with van der Waals surface area (Å²) in [4.78, 5) is 54.6. The van der Waals surface area contributed by atoms with E-state index in [1.54, 1.807) is 11.0 Å². The van der Waals surface area contributed by atoms with Gasteiger partial charge in [-0.25, -0.2) is 4.79 Å². The second-order valence-corrected chi connectivity index (χ2v) is 9.24. The number of benzene rings is 1. The van der Waals surface area contributed by atoms with Crippen LogP contribution in [-0.4, -0.2) is 72.3 Å². The minimum absolute atomic E-state index is 0.259. The number of rotatable bonds is 5. The molecule has 0 spiro atoms. The van der Waals surface area contributed by atoms with E-state index < -0.39 is 36.3 Å². The van der Waals surface area contributed by atoms with E-state index in [4.69, 9.17) is 4.74 Å². The van der Waals surface area contributed by atoms with E-state index in [9.17, 15) is 32.3 Å². The highest BCUT2D eigenvalue weighted by atomic mass is 19.4. The van der Waals surface area contributed by atoms with E-state index in [2.05, 4.69) is 0 Å². The standard InChI is InChI=1S/C24H28F3N3O5/c1-15(30-21(32)18-7-2-3-8-19(18)22(30)33)23(34)35-14-20(31)29-11-9-28(10-12-29)17-6-4-5-16(13-17)24(25,26)27/h4-6,13,15,18-19H,2-3,7-12,14H2,1H3/t15-,18?,19?/m0/s1. The summed E-state index contributed by atoms with van der Waals surface area (Å²) in [5.41, 5.74) is -0.309. The maximum Gasteiger partial charge on any atom is 0.416 e. The van der Waals surface area contributed by atoms with Crippen molar-refractivity contribution in [3.63, 3.8) is 0 Å². The number of piperazine rings is 1. The van der Waals surface area contributed by atoms with Gasteiger partial charge >= 0.3 is 12.1 Å². The van der Waals surface area contributed by atoms with Gasteiger partial charge in [0.25, 0.3) is 5.91 Å². The van der Waals surface area contributed by atoms with Gasteiger partial charge in [-0.2, -0.15) is 13.2 Å². The molecule has 1 aliphatic carbocycles. The molecule has 11 heteroatoms. The van der Waals surface area contributed by atoms with Crippen LogP contribution in [0, 0.1) is 11.8 Å². The van der Waals surface area contributed by atoms with Gasteiger partial charge in [-0.05, 0) is 38.0 Å². The fraction of sp³-hybridized carbons (Fsp3) is 0.583. The van der Waals surface area contributed by atoms with E-state index in [0.717, 1.165) is 29.9 Å². The molecule has 0 aromatic heterocycles. The normalized spacial score (nSPS) is 23.8. The van der Waals surface area contributed by atoms with Crippen LogP contribution in [0.2, 0.25) is 0 Å². The molecular formula is C24H28F3N3O5. The van der Waals surface area contributed by atoms with Gasteiger partial charge in [-0.3, -0.25) is 19.3 Å². The first-order valence-electron chi connectivity index (χ1n) is 11.8. The first-order chi connectivity index (χ1) is 16.6. The SMILES string of the molecule is C[C@@H](C(=O)OCC(=O)N1CCN(c2cccc(C(F)(F)F)c2)CC1)N1C(=O)C2CCCCC2C1=O. The van der Waals surface area contributed by atoms with Gasteiger partial charge in [0.15, 0.2) is 6.61 Å². The molecule has 2 saturated heterocycles. The summed E-state index contributed by atoms with van der Waals surface area (Å²) in [7, 11) is 0. The maximum absolute atomic E-state index is 13.0. The van der Waals surface area contributed by atoms with Crippen LogP contribution < -0.4 is 4.90 Å². The minimum atomic E-state index is -4.43. The summed E-state index contributed by atoms with van der Waals surface area (Å²) in [5.74, 6) is -2.70. The van der Waals surface area contributed by atoms with E-state index >= 15 is 0 Å². The van der Waals surface area contributed by atoms with Gasteiger partial charge in [0, 0.05) is 31.9 Å². The second kappa shape index (κ2) is 9.87. The molecule has 1 aromatic carbocycles. The maximum atomic E-state index is 13.0. The number of likely N-dealkylation sites (tertiary alicyclic amines) is 1. The van der Waals surface area contributed by atoms with E-state index in [-0.39, 0.29) is 36.7 Å². The number of hydrogen-bond acceptors (Lipinski definition) is 6. The first-order valence-corrected chi connectivity index (χ1v) is 11.8. The molecule has 1 saturated carbocycles. The smallest absolute Gasteiger partial charge is 0.416 e. The Hall–Kier alpha value is -3.11. The van der Waals surface area contributed by atoms with Crippen molar-refractivity contribution in [2.24, 2.45) is 11.8 Å². The number of alkyl halides is 3. The van der Waals surface area contributed by atoms with Crippen molar-refractivity contribution in [3.05, 3.63) is 29.8 Å². The third kappa shape index (κ3) is 5.13. The third-order valence-corrected chi connectivity index (χ3v) is 7.11. The first kappa shape index (κ1) is 25.0. The van der Waals surface area contributed by atoms with Crippen molar-refractivity contribution in [3.8, 4) is 0 Å². The summed E-state index contributed by atoms with van der Waals surface area (Å²) < 4.78 is 44.1. The van der Waals surface area contributed by atoms with Gasteiger partial charge in [-0.1, -0.05) is 18.9 Å². The number of imide groups is 1. The zero-order valence-corrected chi connectivity index (χ0v) is 19.4. The fourth-order valence-electron chi connectivity index (χ4n) is 5.11. The summed E-state index contributed by atoms with van der Waals surface area (Å²) in [6.07, 6.45) is -1.40. The molecular weight excluding hydrogens is 467 g/mol. The lowest BCUT2D eigenvalue weighted by atomic mass is 9.81. The monoisotopic (exact) mass is 495 g/mol. The second-order valence-electron chi connectivity index (χ2n) is 9.24. The van der Waals surface area contributed by atoms with Crippen LogP contribution in [0.15, 0.2) is 24.3 Å². The molecule has 0 radical (unpaired) electrons. The van der Waals surface area contributed by atoms with Crippen LogP contribution in [0.1, 0.15) is 38.2 Å². The van der Waals surface area contributed by atoms with E-state index in [1.165, 1.54) is 17.9 Å². The molecule has 3 fully saturated rings. The van der Waals surface area contributed by atoms with Gasteiger partial charge in [0.2, 0.25) is 11.8 Å². The number of halogens is 3. The number of esters is 1. The van der Waals surface area contributed by atoms with Crippen LogP contribution >= 0.6 is 0 Å². The molecule has 0 bridgehead atoms. The number of carbonyl (C=O) groups is 4. The Bertz CT molecular complexity index is 982. The topological polar surface area (TPSA) is 87.2 Å². The zero-order chi connectivity index (χ0) is 25.3. The molecule has 8 nitrogen and oxygen atoms in total. The predicted octanol–water partition coefficient (Wildman–Crippen LogP) is 2.46. The highest BCUT2D eigenvalue weighted by Gasteiger charge is 2.51. The van der Waals surface area contributed by atoms with Crippen molar-refractivity contribution < 1.29 is 37.1 Å². The number of carbonyl (C=O) groups excluding carboxylic acids is 4. The van der Waals surface area contributed by atoms with Gasteiger partial charge in [0.05, 0.1) is 17.4 Å². The van der Waals surface area contributed by atoms with Gasteiger partial charge < -0.3 is 14.5 Å². The highest BCUT2D eigenvalue weighted by Crippen LogP contribution is 2.39. The Morgan fingerprint density at radius 3 is 2.20 bits per heavy atom. The number of amides is 3. The van der Waals surface area contributed by atoms with Crippen molar-refractivity contribution >= 4 is 29.4 Å². The number of nitrogens with zero attached hydrogens (tertiary/aromatic N) is 3. The highest BCUT2D eigenvalue weighted by molar-refractivity contribution is 6.07. The predicted molar refractivity (Wildman–Crippen MR) is 118 cm³/mol. The van der Waals surface area contributed by atoms with Gasteiger partial charge in [0.1, 0.15) is 6.04 Å². The largest absolute Gasteiger partial charge is 0.454 e. The molecule has 3 amide bonds. The molecule has 2 unspecified atom stereocenters. The van der Waals surface area contributed by atoms with Crippen LogP contribution in [0.5, 0.6) is 0 Å². The van der Waals surface area contributed by atoms with Crippen LogP contribution in [-0.2, 0) is 30.1 Å². The summed E-state index contributed by atoms with van der Waals surface area (Å²) in [6.45, 7) is 2.07. The molecule has 4 rings (SSSR count). The third-order valence-electron chi connectivity index (χ3n) is 7.11. The van der Waals surface area contributed by atoms with E-state index in [1.807, 2.05) is 0 Å². The summed E-state index contributed by atoms with van der Waals surface area (Å²) in [6, 6.07) is 3.92. The number of fused-ring (bicyclic) bond motifs is 1. The van der Waals surface area contributed by atoms with Gasteiger partial charge in [-0.15, -0.1) is 0 Å². The molecule has 0 N–H and O–H groups in total. The average Bonchev–Trinajstić information content (AvgIpc) is 3.11. The number of ether oxygens (including phenoxy) is 1. The quantitative estimate of drug-likeness (QED) is 0.461. The Kier molecular flexibility index (Phi) is 7.05. The number of anilines is 1. The Morgan fingerprint density at radius 2 is 1.63 bits per heavy atom. The minimum Gasteiger partial charge on any atom is -0.454 e. The fourth-order valence-corrected chi connectivity index (χ4v) is 5.11. The van der Waals surface area contributed by atoms with Crippen LogP contribution in [0.4, 0.5) is 18.9 Å². The lowest BCUT2D eigenvalue weighted by molar-refractivity contribution is -0.161. The molecule has 1 aromatic rings. The van der Waals surface area contributed by atoms with Crippen molar-refractivity contribution in [1.29, 1.82) is 0 Å². The summed E-state index contributed by atoms with van der Waals surface area (Å²) >= 11 is 0. The zero-order valence-electron chi connectivity index (χ0n) is 19.4. The number of hydrogen-bond donors (Lipinski definition) is 0. The van der Waals surface area contributed by atoms with E-state index in [0.29, 0.717) is 31.6 Å². The lowest BCUT2D eigenvalue weighted by Gasteiger charge is -2.36. The molecule has 3 aliphatic rings. The van der Waals surface area contributed by atoms with Crippen LogP contribution in [0.3, 0.4) is 0 Å². The summed E-state index contributed by atoms with van der Waals surface area (Å²) in [5, 5.41) is 0. The molecule has 2 aliphatic heterocycles. The Morgan fingerprint density at radius 1 is 1.03 bits per heavy atom. The Labute approximate surface area is 201 Å². The molecule has 2 heterocycles. The molecule has 190 valence electrons. The molecule has 3 atom stereocenters. The lowest BCUT2D eigenvalue weighted by Crippen LogP contribution is -2.50. The van der Waals surface area contributed by atoms with Crippen molar-refractivity contribution in [2.45, 2.75) is 44.8 Å². The average molecular weight is 495 g/mol. The Balaban J connectivity index is 1.27. The molecule has 35 heavy (non-hydrogen) atoms. The van der Waals surface area contributed by atoms with Crippen LogP contribution in [0.25, 0.3) is 0 Å². The van der Waals surface area contributed by atoms with Crippen molar-refractivity contribution in [2.75, 3.05) is 37.7 Å². The van der Waals surface area contributed by atoms with Crippen molar-refractivity contribution in [1.82, 2.24) is 9.80 Å².